The SMILES string of the molecule is COc1cnc2[nH]cc([C@@H]3C[C@H]3N)c2c1. The number of H-pyrrole nitrogens is 1. The Morgan fingerprint density at radius 2 is 2.40 bits per heavy atom. The molecule has 1 fully saturated rings. The number of nitrogens with two attached hydrogens (primary N) is 1. The molecule has 2 atom stereocenters. The van der Waals surface area contributed by atoms with Gasteiger partial charge in [0.2, 0.25) is 0 Å². The van der Waals surface area contributed by atoms with E-state index in [4.69, 9.17) is 10.5 Å². The van der Waals surface area contributed by atoms with E-state index in [1.54, 1.807) is 13.3 Å². The van der Waals surface area contributed by atoms with E-state index >= 15 is 0 Å². The lowest BCUT2D eigenvalue weighted by atomic mass is 10.1. The largest absolute Gasteiger partial charge is 0.495 e. The first kappa shape index (κ1) is 8.73. The molecule has 1 aliphatic rings. The van der Waals surface area contributed by atoms with Crippen LogP contribution in [0.1, 0.15) is 17.9 Å². The van der Waals surface area contributed by atoms with E-state index in [9.17, 15) is 0 Å². The first-order chi connectivity index (χ1) is 7.29. The zero-order valence-corrected chi connectivity index (χ0v) is 8.53. The molecular weight excluding hydrogens is 190 g/mol. The summed E-state index contributed by atoms with van der Waals surface area (Å²) in [6, 6.07) is 2.33. The molecule has 3 N–H and O–H groups in total. The number of hydrogen-bond donors (Lipinski definition) is 2. The van der Waals surface area contributed by atoms with Crippen LogP contribution in [0.4, 0.5) is 0 Å². The summed E-state index contributed by atoms with van der Waals surface area (Å²) < 4.78 is 5.17. The Balaban J connectivity index is 2.14. The van der Waals surface area contributed by atoms with Crippen LogP contribution >= 0.6 is 0 Å². The zero-order valence-electron chi connectivity index (χ0n) is 8.53. The highest BCUT2D eigenvalue weighted by atomic mass is 16.5. The van der Waals surface area contributed by atoms with Gasteiger partial charge in [0.25, 0.3) is 0 Å². The zero-order chi connectivity index (χ0) is 10.4. The van der Waals surface area contributed by atoms with Gasteiger partial charge in [-0.05, 0) is 18.1 Å². The quantitative estimate of drug-likeness (QED) is 0.775. The normalized spacial score (nSPS) is 24.4. The van der Waals surface area contributed by atoms with Crippen molar-refractivity contribution in [3.8, 4) is 5.75 Å². The lowest BCUT2D eigenvalue weighted by Crippen LogP contribution is -2.00. The molecule has 0 aliphatic heterocycles. The van der Waals surface area contributed by atoms with E-state index in [-0.39, 0.29) is 0 Å². The minimum absolute atomic E-state index is 0.315. The second-order valence-electron chi connectivity index (χ2n) is 4.02. The van der Waals surface area contributed by atoms with Crippen LogP contribution < -0.4 is 10.5 Å². The summed E-state index contributed by atoms with van der Waals surface area (Å²) in [7, 11) is 1.65. The van der Waals surface area contributed by atoms with Crippen LogP contribution in [0.15, 0.2) is 18.5 Å². The first-order valence-corrected chi connectivity index (χ1v) is 5.06. The van der Waals surface area contributed by atoms with E-state index in [0.29, 0.717) is 12.0 Å². The Morgan fingerprint density at radius 3 is 3.07 bits per heavy atom. The molecule has 0 amide bonds. The third kappa shape index (κ3) is 1.29. The number of fused-ring (bicyclic) bond motifs is 1. The average molecular weight is 203 g/mol. The Labute approximate surface area is 87.4 Å². The molecular formula is C11H13N3O. The van der Waals surface area contributed by atoms with Crippen molar-refractivity contribution in [2.24, 2.45) is 5.73 Å². The predicted octanol–water partition coefficient (Wildman–Crippen LogP) is 1.39. The van der Waals surface area contributed by atoms with Gasteiger partial charge in [0.1, 0.15) is 11.4 Å². The number of nitrogens with one attached hydrogen (secondary N) is 1. The molecule has 3 rings (SSSR count). The van der Waals surface area contributed by atoms with E-state index in [0.717, 1.165) is 23.2 Å². The van der Waals surface area contributed by atoms with E-state index in [1.807, 2.05) is 12.3 Å². The molecule has 2 heterocycles. The van der Waals surface area contributed by atoms with Crippen LogP contribution in [0, 0.1) is 0 Å². The summed E-state index contributed by atoms with van der Waals surface area (Å²) >= 11 is 0. The molecule has 0 aromatic carbocycles. The van der Waals surface area contributed by atoms with Gasteiger partial charge in [-0.2, -0.15) is 0 Å². The van der Waals surface area contributed by atoms with Crippen LogP contribution in [-0.4, -0.2) is 23.1 Å². The predicted molar refractivity (Wildman–Crippen MR) is 58.0 cm³/mol. The molecule has 78 valence electrons. The summed E-state index contributed by atoms with van der Waals surface area (Å²) in [5, 5.41) is 1.13. The molecule has 15 heavy (non-hydrogen) atoms. The van der Waals surface area contributed by atoms with Crippen LogP contribution in [-0.2, 0) is 0 Å². The lowest BCUT2D eigenvalue weighted by molar-refractivity contribution is 0.413. The fraction of sp³-hybridized carbons (Fsp3) is 0.364. The highest BCUT2D eigenvalue weighted by Gasteiger charge is 2.36. The average Bonchev–Trinajstić information content (AvgIpc) is 2.84. The molecule has 2 aromatic rings. The fourth-order valence-corrected chi connectivity index (χ4v) is 2.00. The molecule has 2 aromatic heterocycles. The van der Waals surface area contributed by atoms with Crippen molar-refractivity contribution < 1.29 is 4.74 Å². The number of nitrogens with zero attached hydrogens (tertiary/aromatic N) is 1. The summed E-state index contributed by atoms with van der Waals surface area (Å²) in [4.78, 5) is 7.45. The van der Waals surface area contributed by atoms with Crippen molar-refractivity contribution >= 4 is 11.0 Å². The Bertz CT molecular complexity index is 506. The van der Waals surface area contributed by atoms with Crippen molar-refractivity contribution in [3.63, 3.8) is 0 Å². The smallest absolute Gasteiger partial charge is 0.137 e. The summed E-state index contributed by atoms with van der Waals surface area (Å²) in [6.45, 7) is 0. The Morgan fingerprint density at radius 1 is 1.60 bits per heavy atom. The summed E-state index contributed by atoms with van der Waals surface area (Å²) in [6.07, 6.45) is 4.80. The molecule has 0 radical (unpaired) electrons. The minimum atomic E-state index is 0.315. The van der Waals surface area contributed by atoms with Crippen molar-refractivity contribution in [2.75, 3.05) is 7.11 Å². The third-order valence-corrected chi connectivity index (χ3v) is 3.01. The van der Waals surface area contributed by atoms with Gasteiger partial charge in [-0.3, -0.25) is 0 Å². The van der Waals surface area contributed by atoms with Gasteiger partial charge in [0.05, 0.1) is 13.3 Å². The fourth-order valence-electron chi connectivity index (χ4n) is 2.00. The highest BCUT2D eigenvalue weighted by Crippen LogP contribution is 2.42. The molecule has 0 saturated heterocycles. The molecule has 4 heteroatoms. The molecule has 0 bridgehead atoms. The van der Waals surface area contributed by atoms with Gasteiger partial charge in [0, 0.05) is 23.5 Å². The maximum Gasteiger partial charge on any atom is 0.137 e. The molecule has 0 unspecified atom stereocenters. The number of rotatable bonds is 2. The number of hydrogen-bond acceptors (Lipinski definition) is 3. The van der Waals surface area contributed by atoms with Crippen molar-refractivity contribution in [3.05, 3.63) is 24.0 Å². The van der Waals surface area contributed by atoms with Gasteiger partial charge in [0.15, 0.2) is 0 Å². The number of methoxy groups -OCH3 is 1. The molecule has 0 spiro atoms. The van der Waals surface area contributed by atoms with Crippen molar-refractivity contribution in [2.45, 2.75) is 18.4 Å². The number of pyridine rings is 1. The van der Waals surface area contributed by atoms with Crippen LogP contribution in [0.5, 0.6) is 5.75 Å². The van der Waals surface area contributed by atoms with Gasteiger partial charge >= 0.3 is 0 Å². The van der Waals surface area contributed by atoms with Gasteiger partial charge in [-0.25, -0.2) is 4.98 Å². The standard InChI is InChI=1S/C11H13N3O/c1-15-6-2-8-9(7-3-10(7)12)5-14-11(8)13-4-6/h2,4-5,7,10H,3,12H2,1H3,(H,13,14)/t7-,10+/m0/s1. The van der Waals surface area contributed by atoms with Crippen LogP contribution in [0.3, 0.4) is 0 Å². The van der Waals surface area contributed by atoms with Gasteiger partial charge in [-0.1, -0.05) is 0 Å². The van der Waals surface area contributed by atoms with Gasteiger partial charge in [-0.15, -0.1) is 0 Å². The maximum atomic E-state index is 5.85. The highest BCUT2D eigenvalue weighted by molar-refractivity contribution is 5.82. The topological polar surface area (TPSA) is 63.9 Å². The number of aromatic nitrogens is 2. The van der Waals surface area contributed by atoms with Crippen LogP contribution in [0.2, 0.25) is 0 Å². The maximum absolute atomic E-state index is 5.85. The number of ether oxygens (including phenoxy) is 1. The van der Waals surface area contributed by atoms with E-state index in [2.05, 4.69) is 9.97 Å². The van der Waals surface area contributed by atoms with Crippen molar-refractivity contribution in [1.29, 1.82) is 0 Å². The molecule has 1 aliphatic carbocycles. The Kier molecular flexibility index (Phi) is 1.73. The minimum Gasteiger partial charge on any atom is -0.495 e. The van der Waals surface area contributed by atoms with Crippen LogP contribution in [0.25, 0.3) is 11.0 Å². The Hall–Kier alpha value is -1.55. The second kappa shape index (κ2) is 2.97. The van der Waals surface area contributed by atoms with Crippen molar-refractivity contribution in [1.82, 2.24) is 9.97 Å². The number of aromatic amines is 1. The monoisotopic (exact) mass is 203 g/mol. The lowest BCUT2D eigenvalue weighted by Gasteiger charge is -2.00. The van der Waals surface area contributed by atoms with E-state index in [1.165, 1.54) is 5.56 Å². The first-order valence-electron chi connectivity index (χ1n) is 5.06. The second-order valence-corrected chi connectivity index (χ2v) is 4.02. The molecule has 4 nitrogen and oxygen atoms in total. The molecule has 1 saturated carbocycles. The van der Waals surface area contributed by atoms with Gasteiger partial charge < -0.3 is 15.5 Å². The third-order valence-electron chi connectivity index (χ3n) is 3.01. The summed E-state index contributed by atoms with van der Waals surface area (Å²) in [5.41, 5.74) is 8.03. The van der Waals surface area contributed by atoms with E-state index < -0.39 is 0 Å². The summed E-state index contributed by atoms with van der Waals surface area (Å²) in [5.74, 6) is 1.28.